The molecule has 0 amide bonds. The molecule has 0 aliphatic carbocycles. The van der Waals surface area contributed by atoms with Gasteiger partial charge in [-0.25, -0.2) is 0 Å². The molecule has 1 aliphatic heterocycles. The quantitative estimate of drug-likeness (QED) is 0.626. The minimum atomic E-state index is 0.333. The molecule has 1 aliphatic rings. The first-order valence-electron chi connectivity index (χ1n) is 4.63. The monoisotopic (exact) mass is 167 g/mol. The number of hydrogen-bond acceptors (Lipinski definition) is 2. The molecule has 0 spiro atoms. The minimum absolute atomic E-state index is 0.333. The summed E-state index contributed by atoms with van der Waals surface area (Å²) in [6.07, 6.45) is 8.58. The van der Waals surface area contributed by atoms with Gasteiger partial charge in [0.2, 0.25) is 0 Å². The van der Waals surface area contributed by atoms with Crippen molar-refractivity contribution in [3.63, 3.8) is 0 Å². The van der Waals surface area contributed by atoms with E-state index in [9.17, 15) is 0 Å². The summed E-state index contributed by atoms with van der Waals surface area (Å²) in [4.78, 5) is 2.30. The van der Waals surface area contributed by atoms with Crippen LogP contribution in [0.25, 0.3) is 0 Å². The Hall–Kier alpha value is -0.520. The van der Waals surface area contributed by atoms with E-state index in [2.05, 4.69) is 10.8 Å². The standard InChI is InChI=1S/C10H17NO/c1-2-6-11-7-3-10(4-8-11)5-9-12/h1,10,12H,3-9H2. The van der Waals surface area contributed by atoms with Crippen LogP contribution in [0.4, 0.5) is 0 Å². The van der Waals surface area contributed by atoms with Gasteiger partial charge in [0.25, 0.3) is 0 Å². The van der Waals surface area contributed by atoms with Crippen molar-refractivity contribution in [1.82, 2.24) is 4.90 Å². The maximum absolute atomic E-state index is 8.74. The highest BCUT2D eigenvalue weighted by Crippen LogP contribution is 2.19. The van der Waals surface area contributed by atoms with E-state index < -0.39 is 0 Å². The Morgan fingerprint density at radius 3 is 2.58 bits per heavy atom. The second kappa shape index (κ2) is 5.18. The number of aliphatic hydroxyl groups is 1. The molecule has 0 aromatic heterocycles. The van der Waals surface area contributed by atoms with Gasteiger partial charge >= 0.3 is 0 Å². The number of nitrogens with zero attached hydrogens (tertiary/aromatic N) is 1. The van der Waals surface area contributed by atoms with Gasteiger partial charge in [-0.2, -0.15) is 0 Å². The normalized spacial score (nSPS) is 20.7. The van der Waals surface area contributed by atoms with Gasteiger partial charge in [0.15, 0.2) is 0 Å². The fourth-order valence-corrected chi connectivity index (χ4v) is 1.74. The van der Waals surface area contributed by atoms with Crippen LogP contribution in [0.2, 0.25) is 0 Å². The predicted molar refractivity (Wildman–Crippen MR) is 49.7 cm³/mol. The first-order chi connectivity index (χ1) is 5.86. The predicted octanol–water partition coefficient (Wildman–Crippen LogP) is 0.714. The first kappa shape index (κ1) is 9.57. The second-order valence-electron chi connectivity index (χ2n) is 3.44. The lowest BCUT2D eigenvalue weighted by molar-refractivity contribution is 0.171. The van der Waals surface area contributed by atoms with E-state index in [0.29, 0.717) is 6.61 Å². The highest BCUT2D eigenvalue weighted by molar-refractivity contribution is 4.89. The van der Waals surface area contributed by atoms with Crippen molar-refractivity contribution in [2.45, 2.75) is 19.3 Å². The van der Waals surface area contributed by atoms with Crippen molar-refractivity contribution in [2.75, 3.05) is 26.2 Å². The lowest BCUT2D eigenvalue weighted by atomic mass is 9.94. The molecule has 1 heterocycles. The zero-order valence-corrected chi connectivity index (χ0v) is 7.50. The van der Waals surface area contributed by atoms with Gasteiger partial charge in [0.05, 0.1) is 6.54 Å². The zero-order valence-electron chi connectivity index (χ0n) is 7.50. The molecule has 0 unspecified atom stereocenters. The third-order valence-corrected chi connectivity index (χ3v) is 2.56. The third kappa shape index (κ3) is 2.84. The summed E-state index contributed by atoms with van der Waals surface area (Å²) < 4.78 is 0. The summed E-state index contributed by atoms with van der Waals surface area (Å²) in [5.41, 5.74) is 0. The average molecular weight is 167 g/mol. The van der Waals surface area contributed by atoms with Crippen LogP contribution in [0, 0.1) is 18.3 Å². The summed E-state index contributed by atoms with van der Waals surface area (Å²) in [6.45, 7) is 3.33. The number of terminal acetylenes is 1. The van der Waals surface area contributed by atoms with Gasteiger partial charge in [0, 0.05) is 6.61 Å². The van der Waals surface area contributed by atoms with Crippen LogP contribution in [0.5, 0.6) is 0 Å². The molecule has 0 saturated carbocycles. The van der Waals surface area contributed by atoms with Crippen molar-refractivity contribution in [2.24, 2.45) is 5.92 Å². The molecule has 1 rings (SSSR count). The number of piperidine rings is 1. The largest absolute Gasteiger partial charge is 0.396 e. The molecule has 1 N–H and O–H groups in total. The Balaban J connectivity index is 2.16. The summed E-state index contributed by atoms with van der Waals surface area (Å²) in [7, 11) is 0. The molecule has 0 atom stereocenters. The molecule has 0 bridgehead atoms. The van der Waals surface area contributed by atoms with Crippen LogP contribution >= 0.6 is 0 Å². The van der Waals surface area contributed by atoms with Crippen molar-refractivity contribution in [1.29, 1.82) is 0 Å². The Morgan fingerprint density at radius 1 is 1.42 bits per heavy atom. The highest BCUT2D eigenvalue weighted by Gasteiger charge is 2.17. The number of rotatable bonds is 3. The number of likely N-dealkylation sites (tertiary alicyclic amines) is 1. The third-order valence-electron chi connectivity index (χ3n) is 2.56. The summed E-state index contributed by atoms with van der Waals surface area (Å²) in [5.74, 6) is 3.39. The maximum Gasteiger partial charge on any atom is 0.0598 e. The van der Waals surface area contributed by atoms with Crippen molar-refractivity contribution in [3.05, 3.63) is 0 Å². The smallest absolute Gasteiger partial charge is 0.0598 e. The Labute approximate surface area is 74.6 Å². The Morgan fingerprint density at radius 2 is 2.08 bits per heavy atom. The van der Waals surface area contributed by atoms with Gasteiger partial charge in [-0.05, 0) is 38.3 Å². The molecular formula is C10H17NO. The summed E-state index contributed by atoms with van der Waals surface area (Å²) in [6, 6.07) is 0. The van der Waals surface area contributed by atoms with Crippen LogP contribution in [0.15, 0.2) is 0 Å². The number of aliphatic hydroxyl groups excluding tert-OH is 1. The van der Waals surface area contributed by atoms with Gasteiger partial charge in [-0.15, -0.1) is 6.42 Å². The van der Waals surface area contributed by atoms with Gasteiger partial charge < -0.3 is 5.11 Å². The molecule has 2 nitrogen and oxygen atoms in total. The van der Waals surface area contributed by atoms with E-state index in [-0.39, 0.29) is 0 Å². The van der Waals surface area contributed by atoms with Crippen LogP contribution in [0.3, 0.4) is 0 Å². The van der Waals surface area contributed by atoms with E-state index in [4.69, 9.17) is 11.5 Å². The molecule has 0 radical (unpaired) electrons. The Kier molecular flexibility index (Phi) is 4.13. The van der Waals surface area contributed by atoms with Crippen LogP contribution < -0.4 is 0 Å². The fraction of sp³-hybridized carbons (Fsp3) is 0.800. The fourth-order valence-electron chi connectivity index (χ4n) is 1.74. The van der Waals surface area contributed by atoms with E-state index in [1.807, 2.05) is 0 Å². The van der Waals surface area contributed by atoms with Crippen LogP contribution in [-0.2, 0) is 0 Å². The average Bonchev–Trinajstić information content (AvgIpc) is 2.09. The minimum Gasteiger partial charge on any atom is -0.396 e. The molecule has 12 heavy (non-hydrogen) atoms. The Bertz CT molecular complexity index is 154. The van der Waals surface area contributed by atoms with E-state index in [1.165, 1.54) is 12.8 Å². The molecule has 68 valence electrons. The molecule has 1 fully saturated rings. The van der Waals surface area contributed by atoms with E-state index in [0.717, 1.165) is 32.0 Å². The van der Waals surface area contributed by atoms with Crippen LogP contribution in [-0.4, -0.2) is 36.2 Å². The molecule has 2 heteroatoms. The second-order valence-corrected chi connectivity index (χ2v) is 3.44. The lowest BCUT2D eigenvalue weighted by Crippen LogP contribution is -2.34. The van der Waals surface area contributed by atoms with Crippen molar-refractivity contribution < 1.29 is 5.11 Å². The van der Waals surface area contributed by atoms with E-state index in [1.54, 1.807) is 0 Å². The summed E-state index contributed by atoms with van der Waals surface area (Å²) >= 11 is 0. The maximum atomic E-state index is 8.74. The first-order valence-corrected chi connectivity index (χ1v) is 4.63. The summed E-state index contributed by atoms with van der Waals surface area (Å²) in [5, 5.41) is 8.74. The molecule has 1 saturated heterocycles. The molecule has 0 aromatic carbocycles. The van der Waals surface area contributed by atoms with Crippen molar-refractivity contribution >= 4 is 0 Å². The zero-order chi connectivity index (χ0) is 8.81. The molecular weight excluding hydrogens is 150 g/mol. The van der Waals surface area contributed by atoms with Gasteiger partial charge in [0.1, 0.15) is 0 Å². The SMILES string of the molecule is C#CCN1CCC(CCO)CC1. The topological polar surface area (TPSA) is 23.5 Å². The number of hydrogen-bond donors (Lipinski definition) is 1. The van der Waals surface area contributed by atoms with Crippen molar-refractivity contribution in [3.8, 4) is 12.3 Å². The van der Waals surface area contributed by atoms with Gasteiger partial charge in [-0.3, -0.25) is 4.90 Å². The molecule has 0 aromatic rings. The van der Waals surface area contributed by atoms with Crippen LogP contribution in [0.1, 0.15) is 19.3 Å². The highest BCUT2D eigenvalue weighted by atomic mass is 16.3. The van der Waals surface area contributed by atoms with E-state index >= 15 is 0 Å². The lowest BCUT2D eigenvalue weighted by Gasteiger charge is -2.30. The van der Waals surface area contributed by atoms with Gasteiger partial charge in [-0.1, -0.05) is 5.92 Å².